The molecule has 88 valence electrons. The van der Waals surface area contributed by atoms with Crippen LogP contribution in [0, 0.1) is 5.82 Å². The van der Waals surface area contributed by atoms with Crippen molar-refractivity contribution in [1.29, 1.82) is 0 Å². The maximum atomic E-state index is 13.0. The second-order valence-corrected chi connectivity index (χ2v) is 4.01. The van der Waals surface area contributed by atoms with Gasteiger partial charge in [0.15, 0.2) is 0 Å². The molecule has 0 amide bonds. The van der Waals surface area contributed by atoms with Crippen molar-refractivity contribution in [3.05, 3.63) is 35.1 Å². The maximum absolute atomic E-state index is 13.0. The first-order valence-corrected chi connectivity index (χ1v) is 5.57. The molecule has 1 aromatic carbocycles. The van der Waals surface area contributed by atoms with E-state index in [-0.39, 0.29) is 5.82 Å². The number of rotatable bonds is 3. The lowest BCUT2D eigenvalue weighted by Crippen LogP contribution is -2.36. The van der Waals surface area contributed by atoms with E-state index in [2.05, 4.69) is 4.90 Å². The summed E-state index contributed by atoms with van der Waals surface area (Å²) in [5, 5.41) is 0. The normalized spacial score (nSPS) is 17.6. The van der Waals surface area contributed by atoms with Crippen molar-refractivity contribution in [2.24, 2.45) is 5.73 Å². The minimum Gasteiger partial charge on any atom is -0.379 e. The molecule has 4 heteroatoms. The zero-order chi connectivity index (χ0) is 11.4. The van der Waals surface area contributed by atoms with E-state index >= 15 is 0 Å². The number of hydrogen-bond acceptors (Lipinski definition) is 3. The van der Waals surface area contributed by atoms with Crippen LogP contribution in [-0.4, -0.2) is 31.2 Å². The van der Waals surface area contributed by atoms with Gasteiger partial charge in [0.2, 0.25) is 0 Å². The van der Waals surface area contributed by atoms with Crippen LogP contribution in [0.15, 0.2) is 18.2 Å². The molecule has 0 bridgehead atoms. The van der Waals surface area contributed by atoms with Crippen molar-refractivity contribution in [2.75, 3.05) is 26.3 Å². The molecule has 3 nitrogen and oxygen atoms in total. The van der Waals surface area contributed by atoms with E-state index in [1.807, 2.05) is 6.07 Å². The summed E-state index contributed by atoms with van der Waals surface area (Å²) in [7, 11) is 0. The Morgan fingerprint density at radius 3 is 2.69 bits per heavy atom. The molecule has 1 fully saturated rings. The standard InChI is InChI=1S/C12H17FN2O/c13-12-2-1-10(11(7-12)8-14)9-15-3-5-16-6-4-15/h1-2,7H,3-6,8-9,14H2. The Bertz CT molecular complexity index is 351. The number of nitrogens with zero attached hydrogens (tertiary/aromatic N) is 1. The predicted octanol–water partition coefficient (Wildman–Crippen LogP) is 1.12. The van der Waals surface area contributed by atoms with Gasteiger partial charge in [0.1, 0.15) is 5.82 Å². The van der Waals surface area contributed by atoms with Crippen molar-refractivity contribution >= 4 is 0 Å². The lowest BCUT2D eigenvalue weighted by Gasteiger charge is -2.27. The van der Waals surface area contributed by atoms with Gasteiger partial charge in [-0.05, 0) is 23.3 Å². The lowest BCUT2D eigenvalue weighted by molar-refractivity contribution is 0.0340. The van der Waals surface area contributed by atoms with E-state index in [0.29, 0.717) is 6.54 Å². The number of benzene rings is 1. The van der Waals surface area contributed by atoms with Crippen molar-refractivity contribution in [1.82, 2.24) is 4.90 Å². The second kappa shape index (κ2) is 5.39. The summed E-state index contributed by atoms with van der Waals surface area (Å²) in [5.41, 5.74) is 7.63. The van der Waals surface area contributed by atoms with Gasteiger partial charge < -0.3 is 10.5 Å². The van der Waals surface area contributed by atoms with Crippen LogP contribution < -0.4 is 5.73 Å². The number of ether oxygens (including phenoxy) is 1. The summed E-state index contributed by atoms with van der Waals surface area (Å²) in [6, 6.07) is 4.84. The van der Waals surface area contributed by atoms with Crippen LogP contribution in [0.5, 0.6) is 0 Å². The minimum absolute atomic E-state index is 0.217. The Morgan fingerprint density at radius 2 is 2.00 bits per heavy atom. The molecular formula is C12H17FN2O. The Labute approximate surface area is 95.0 Å². The molecule has 1 heterocycles. The Hall–Kier alpha value is -0.970. The van der Waals surface area contributed by atoms with Crippen LogP contribution in [0.3, 0.4) is 0 Å². The first-order chi connectivity index (χ1) is 7.79. The summed E-state index contributed by atoms with van der Waals surface area (Å²) in [6.07, 6.45) is 0. The maximum Gasteiger partial charge on any atom is 0.123 e. The van der Waals surface area contributed by atoms with Gasteiger partial charge in [-0.25, -0.2) is 4.39 Å². The third kappa shape index (κ3) is 2.78. The molecule has 1 aliphatic heterocycles. The van der Waals surface area contributed by atoms with Gasteiger partial charge in [0.25, 0.3) is 0 Å². The summed E-state index contributed by atoms with van der Waals surface area (Å²) in [6.45, 7) is 4.63. The highest BCUT2D eigenvalue weighted by molar-refractivity contribution is 5.27. The van der Waals surface area contributed by atoms with Gasteiger partial charge in [-0.1, -0.05) is 6.07 Å². The fourth-order valence-electron chi connectivity index (χ4n) is 1.94. The third-order valence-electron chi connectivity index (χ3n) is 2.89. The van der Waals surface area contributed by atoms with Crippen LogP contribution in [0.4, 0.5) is 4.39 Å². The highest BCUT2D eigenvalue weighted by atomic mass is 19.1. The molecule has 0 saturated carbocycles. The van der Waals surface area contributed by atoms with E-state index in [1.54, 1.807) is 0 Å². The summed E-state index contributed by atoms with van der Waals surface area (Å²) < 4.78 is 18.3. The Balaban J connectivity index is 2.07. The van der Waals surface area contributed by atoms with Gasteiger partial charge in [0, 0.05) is 26.2 Å². The van der Waals surface area contributed by atoms with E-state index in [9.17, 15) is 4.39 Å². The predicted molar refractivity (Wildman–Crippen MR) is 60.4 cm³/mol. The monoisotopic (exact) mass is 224 g/mol. The largest absolute Gasteiger partial charge is 0.379 e. The van der Waals surface area contributed by atoms with Crippen LogP contribution in [0.25, 0.3) is 0 Å². The fraction of sp³-hybridized carbons (Fsp3) is 0.500. The van der Waals surface area contributed by atoms with Gasteiger partial charge in [-0.15, -0.1) is 0 Å². The smallest absolute Gasteiger partial charge is 0.123 e. The molecule has 0 aliphatic carbocycles. The SMILES string of the molecule is NCc1cc(F)ccc1CN1CCOCC1. The van der Waals surface area contributed by atoms with E-state index < -0.39 is 0 Å². The highest BCUT2D eigenvalue weighted by Crippen LogP contribution is 2.14. The average Bonchev–Trinajstić information content (AvgIpc) is 2.33. The summed E-state index contributed by atoms with van der Waals surface area (Å²) >= 11 is 0. The molecular weight excluding hydrogens is 207 g/mol. The number of nitrogens with two attached hydrogens (primary N) is 1. The first-order valence-electron chi connectivity index (χ1n) is 5.57. The molecule has 1 saturated heterocycles. The molecule has 0 radical (unpaired) electrons. The van der Waals surface area contributed by atoms with Crippen LogP contribution in [0.2, 0.25) is 0 Å². The number of morpholine rings is 1. The third-order valence-corrected chi connectivity index (χ3v) is 2.89. The van der Waals surface area contributed by atoms with Crippen molar-refractivity contribution < 1.29 is 9.13 Å². The quantitative estimate of drug-likeness (QED) is 0.836. The van der Waals surface area contributed by atoms with E-state index in [4.69, 9.17) is 10.5 Å². The molecule has 0 atom stereocenters. The van der Waals surface area contributed by atoms with Gasteiger partial charge in [-0.2, -0.15) is 0 Å². The highest BCUT2D eigenvalue weighted by Gasteiger charge is 2.12. The molecule has 1 aromatic rings. The van der Waals surface area contributed by atoms with E-state index in [1.165, 1.54) is 12.1 Å². The number of halogens is 1. The molecule has 2 rings (SSSR count). The second-order valence-electron chi connectivity index (χ2n) is 4.01. The zero-order valence-electron chi connectivity index (χ0n) is 9.29. The molecule has 16 heavy (non-hydrogen) atoms. The van der Waals surface area contributed by atoms with Crippen molar-refractivity contribution in [3.8, 4) is 0 Å². The summed E-state index contributed by atoms with van der Waals surface area (Å²) in [5.74, 6) is -0.217. The molecule has 1 aliphatic rings. The van der Waals surface area contributed by atoms with Crippen LogP contribution in [0.1, 0.15) is 11.1 Å². The van der Waals surface area contributed by atoms with Crippen LogP contribution >= 0.6 is 0 Å². The molecule has 2 N–H and O–H groups in total. The average molecular weight is 224 g/mol. The van der Waals surface area contributed by atoms with Gasteiger partial charge in [0.05, 0.1) is 13.2 Å². The van der Waals surface area contributed by atoms with Crippen LogP contribution in [-0.2, 0) is 17.8 Å². The first kappa shape index (κ1) is 11.5. The summed E-state index contributed by atoms with van der Waals surface area (Å²) in [4.78, 5) is 2.30. The molecule has 0 spiro atoms. The van der Waals surface area contributed by atoms with Gasteiger partial charge >= 0.3 is 0 Å². The number of hydrogen-bond donors (Lipinski definition) is 1. The van der Waals surface area contributed by atoms with E-state index in [0.717, 1.165) is 44.0 Å². The molecule has 0 aromatic heterocycles. The Kier molecular flexibility index (Phi) is 3.88. The molecule has 0 unspecified atom stereocenters. The fourth-order valence-corrected chi connectivity index (χ4v) is 1.94. The Morgan fingerprint density at radius 1 is 1.25 bits per heavy atom. The van der Waals surface area contributed by atoms with Crippen molar-refractivity contribution in [2.45, 2.75) is 13.1 Å². The minimum atomic E-state index is -0.217. The van der Waals surface area contributed by atoms with Crippen molar-refractivity contribution in [3.63, 3.8) is 0 Å². The zero-order valence-corrected chi connectivity index (χ0v) is 9.29. The van der Waals surface area contributed by atoms with Gasteiger partial charge in [-0.3, -0.25) is 4.90 Å². The topological polar surface area (TPSA) is 38.5 Å². The lowest BCUT2D eigenvalue weighted by atomic mass is 10.1.